The molecular weight excluding hydrogens is 374 g/mol. The lowest BCUT2D eigenvalue weighted by Gasteiger charge is -2.09. The van der Waals surface area contributed by atoms with E-state index in [0.717, 1.165) is 36.9 Å². The van der Waals surface area contributed by atoms with Gasteiger partial charge in [-0.15, -0.1) is 16.4 Å². The second kappa shape index (κ2) is 7.44. The van der Waals surface area contributed by atoms with Gasteiger partial charge in [-0.25, -0.2) is 4.68 Å². The number of anilines is 1. The van der Waals surface area contributed by atoms with Crippen LogP contribution in [0, 0.1) is 18.3 Å². The molecule has 0 radical (unpaired) electrons. The molecular formula is C20H19N5O2S. The molecule has 0 aliphatic heterocycles. The maximum Gasteiger partial charge on any atom is 0.278 e. The summed E-state index contributed by atoms with van der Waals surface area (Å²) in [5.74, 6) is 0.336. The molecule has 1 amide bonds. The number of nitrogens with zero attached hydrogens (tertiary/aromatic N) is 4. The van der Waals surface area contributed by atoms with Crippen LogP contribution in [-0.4, -0.2) is 28.0 Å². The van der Waals surface area contributed by atoms with Crippen molar-refractivity contribution < 1.29 is 9.53 Å². The Balaban J connectivity index is 1.63. The molecule has 0 atom stereocenters. The SMILES string of the molecule is COc1cccc(-n2nnc(C(=O)Nc3sc4c(c3C#N)CCCC4)c2C)c1. The summed E-state index contributed by atoms with van der Waals surface area (Å²) < 4.78 is 6.84. The van der Waals surface area contributed by atoms with Crippen LogP contribution in [0.1, 0.15) is 45.0 Å². The molecule has 1 aromatic carbocycles. The zero-order valence-electron chi connectivity index (χ0n) is 15.7. The molecule has 1 aliphatic carbocycles. The molecule has 28 heavy (non-hydrogen) atoms. The number of aromatic nitrogens is 3. The standard InChI is InChI=1S/C20H19N5O2S/c1-12-18(23-24-25(12)13-6-5-7-14(10-13)27-2)19(26)22-20-16(11-21)15-8-3-4-9-17(15)28-20/h5-7,10H,3-4,8-9H2,1-2H3,(H,22,26). The highest BCUT2D eigenvalue weighted by atomic mass is 32.1. The van der Waals surface area contributed by atoms with E-state index in [9.17, 15) is 10.1 Å². The number of amides is 1. The molecule has 0 saturated carbocycles. The first kappa shape index (κ1) is 18.2. The number of ether oxygens (including phenoxy) is 1. The number of thiophene rings is 1. The lowest BCUT2D eigenvalue weighted by Crippen LogP contribution is -2.14. The molecule has 142 valence electrons. The second-order valence-corrected chi connectivity index (χ2v) is 7.72. The van der Waals surface area contributed by atoms with Crippen LogP contribution in [0.5, 0.6) is 5.75 Å². The maximum atomic E-state index is 12.8. The molecule has 2 aromatic heterocycles. The number of aryl methyl sites for hydroxylation is 1. The van der Waals surface area contributed by atoms with Crippen molar-refractivity contribution in [3.05, 3.63) is 51.7 Å². The highest BCUT2D eigenvalue weighted by Gasteiger charge is 2.24. The number of benzene rings is 1. The van der Waals surface area contributed by atoms with E-state index in [0.29, 0.717) is 22.0 Å². The third-order valence-electron chi connectivity index (χ3n) is 4.92. The third kappa shape index (κ3) is 3.14. The van der Waals surface area contributed by atoms with Crippen molar-refractivity contribution in [3.8, 4) is 17.5 Å². The monoisotopic (exact) mass is 393 g/mol. The first-order valence-corrected chi connectivity index (χ1v) is 9.86. The third-order valence-corrected chi connectivity index (χ3v) is 6.12. The first-order chi connectivity index (χ1) is 13.6. The maximum absolute atomic E-state index is 12.8. The normalized spacial score (nSPS) is 12.9. The summed E-state index contributed by atoms with van der Waals surface area (Å²) in [5, 5.41) is 21.2. The van der Waals surface area contributed by atoms with Crippen molar-refractivity contribution in [2.24, 2.45) is 0 Å². The fourth-order valence-electron chi connectivity index (χ4n) is 3.46. The Morgan fingerprint density at radius 1 is 1.36 bits per heavy atom. The van der Waals surface area contributed by atoms with Gasteiger partial charge in [0.25, 0.3) is 5.91 Å². The molecule has 0 unspecified atom stereocenters. The molecule has 2 heterocycles. The Bertz CT molecular complexity index is 1090. The van der Waals surface area contributed by atoms with Crippen LogP contribution in [0.3, 0.4) is 0 Å². The van der Waals surface area contributed by atoms with Gasteiger partial charge in [0.15, 0.2) is 5.69 Å². The average molecular weight is 393 g/mol. The van der Waals surface area contributed by atoms with Crippen LogP contribution in [0.15, 0.2) is 24.3 Å². The minimum absolute atomic E-state index is 0.234. The van der Waals surface area contributed by atoms with E-state index < -0.39 is 0 Å². The van der Waals surface area contributed by atoms with Crippen molar-refractivity contribution in [1.29, 1.82) is 5.26 Å². The van der Waals surface area contributed by atoms with Crippen molar-refractivity contribution in [2.75, 3.05) is 12.4 Å². The van der Waals surface area contributed by atoms with E-state index in [2.05, 4.69) is 21.7 Å². The fraction of sp³-hybridized carbons (Fsp3) is 0.300. The Morgan fingerprint density at radius 3 is 2.96 bits per heavy atom. The van der Waals surface area contributed by atoms with Crippen molar-refractivity contribution in [2.45, 2.75) is 32.6 Å². The Labute approximate surface area is 166 Å². The molecule has 0 spiro atoms. The van der Waals surface area contributed by atoms with Gasteiger partial charge in [-0.3, -0.25) is 4.79 Å². The van der Waals surface area contributed by atoms with E-state index in [1.54, 1.807) is 18.7 Å². The predicted octanol–water partition coefficient (Wildman–Crippen LogP) is 3.65. The number of fused-ring (bicyclic) bond motifs is 1. The summed E-state index contributed by atoms with van der Waals surface area (Å²) in [4.78, 5) is 14.0. The molecule has 3 aromatic rings. The molecule has 0 bridgehead atoms. The molecule has 0 saturated heterocycles. The fourth-order valence-corrected chi connectivity index (χ4v) is 4.70. The van der Waals surface area contributed by atoms with Crippen LogP contribution in [0.4, 0.5) is 5.00 Å². The lowest BCUT2D eigenvalue weighted by atomic mass is 9.96. The van der Waals surface area contributed by atoms with Gasteiger partial charge in [0.05, 0.1) is 24.1 Å². The smallest absolute Gasteiger partial charge is 0.278 e. The van der Waals surface area contributed by atoms with Gasteiger partial charge in [-0.05, 0) is 50.3 Å². The summed E-state index contributed by atoms with van der Waals surface area (Å²) >= 11 is 1.50. The van der Waals surface area contributed by atoms with E-state index in [1.807, 2.05) is 24.3 Å². The van der Waals surface area contributed by atoms with Crippen LogP contribution < -0.4 is 10.1 Å². The number of nitriles is 1. The highest BCUT2D eigenvalue weighted by Crippen LogP contribution is 2.37. The van der Waals surface area contributed by atoms with E-state index >= 15 is 0 Å². The number of nitrogens with one attached hydrogen (secondary N) is 1. The summed E-state index contributed by atoms with van der Waals surface area (Å²) in [6, 6.07) is 9.64. The largest absolute Gasteiger partial charge is 0.497 e. The van der Waals surface area contributed by atoms with Crippen LogP contribution in [0.2, 0.25) is 0 Å². The predicted molar refractivity (Wildman–Crippen MR) is 106 cm³/mol. The van der Waals surface area contributed by atoms with Crippen LogP contribution in [-0.2, 0) is 12.8 Å². The minimum atomic E-state index is -0.359. The van der Waals surface area contributed by atoms with Crippen LogP contribution in [0.25, 0.3) is 5.69 Å². The first-order valence-electron chi connectivity index (χ1n) is 9.05. The molecule has 1 aliphatic rings. The van der Waals surface area contributed by atoms with Gasteiger partial charge >= 0.3 is 0 Å². The van der Waals surface area contributed by atoms with Crippen molar-refractivity contribution in [1.82, 2.24) is 15.0 Å². The van der Waals surface area contributed by atoms with E-state index in [4.69, 9.17) is 4.74 Å². The lowest BCUT2D eigenvalue weighted by molar-refractivity contribution is 0.102. The molecule has 0 fully saturated rings. The van der Waals surface area contributed by atoms with E-state index in [1.165, 1.54) is 16.2 Å². The van der Waals surface area contributed by atoms with E-state index in [-0.39, 0.29) is 11.6 Å². The topological polar surface area (TPSA) is 92.8 Å². The summed E-state index contributed by atoms with van der Waals surface area (Å²) in [6.07, 6.45) is 4.07. The summed E-state index contributed by atoms with van der Waals surface area (Å²) in [7, 11) is 1.60. The van der Waals surface area contributed by atoms with Gasteiger partial charge < -0.3 is 10.1 Å². The highest BCUT2D eigenvalue weighted by molar-refractivity contribution is 7.16. The quantitative estimate of drug-likeness (QED) is 0.730. The average Bonchev–Trinajstić information content (AvgIpc) is 3.27. The number of hydrogen-bond donors (Lipinski definition) is 1. The number of carbonyl (C=O) groups excluding carboxylic acids is 1. The Morgan fingerprint density at radius 2 is 2.18 bits per heavy atom. The van der Waals surface area contributed by atoms with Crippen LogP contribution >= 0.6 is 11.3 Å². The molecule has 7 nitrogen and oxygen atoms in total. The van der Waals surface area contributed by atoms with Gasteiger partial charge in [0, 0.05) is 10.9 Å². The van der Waals surface area contributed by atoms with Crippen molar-refractivity contribution in [3.63, 3.8) is 0 Å². The Kier molecular flexibility index (Phi) is 4.84. The van der Waals surface area contributed by atoms with Gasteiger partial charge in [-0.2, -0.15) is 5.26 Å². The number of methoxy groups -OCH3 is 1. The second-order valence-electron chi connectivity index (χ2n) is 6.62. The molecule has 8 heteroatoms. The van der Waals surface area contributed by atoms with Crippen molar-refractivity contribution >= 4 is 22.2 Å². The zero-order chi connectivity index (χ0) is 19.7. The summed E-state index contributed by atoms with van der Waals surface area (Å²) in [6.45, 7) is 1.79. The van der Waals surface area contributed by atoms with Gasteiger partial charge in [0.1, 0.15) is 16.8 Å². The number of carbonyl (C=O) groups is 1. The molecule has 1 N–H and O–H groups in total. The molecule has 4 rings (SSSR count). The minimum Gasteiger partial charge on any atom is -0.497 e. The van der Waals surface area contributed by atoms with Gasteiger partial charge in [0.2, 0.25) is 0 Å². The Hall–Kier alpha value is -3.18. The number of hydrogen-bond acceptors (Lipinski definition) is 6. The zero-order valence-corrected chi connectivity index (χ0v) is 16.5. The van der Waals surface area contributed by atoms with Gasteiger partial charge in [-0.1, -0.05) is 11.3 Å². The summed E-state index contributed by atoms with van der Waals surface area (Å²) in [5.41, 5.74) is 3.29. The number of rotatable bonds is 4.